The van der Waals surface area contributed by atoms with Crippen LogP contribution >= 0.6 is 0 Å². The molecule has 1 amide bonds. The molecule has 0 saturated carbocycles. The molecule has 1 aromatic rings. The maximum absolute atomic E-state index is 12.0. The van der Waals surface area contributed by atoms with Gasteiger partial charge >= 0.3 is 0 Å². The lowest BCUT2D eigenvalue weighted by molar-refractivity contribution is -0.120. The molecule has 7 heteroatoms. The Morgan fingerprint density at radius 1 is 1.35 bits per heavy atom. The fourth-order valence-electron chi connectivity index (χ4n) is 2.24. The molecule has 0 spiro atoms. The third-order valence-electron chi connectivity index (χ3n) is 3.26. The summed E-state index contributed by atoms with van der Waals surface area (Å²) in [6.45, 7) is 1.67. The summed E-state index contributed by atoms with van der Waals surface area (Å²) in [5, 5.41) is 11.0. The molecule has 1 saturated heterocycles. The van der Waals surface area contributed by atoms with Gasteiger partial charge in [-0.3, -0.25) is 4.79 Å². The second-order valence-electron chi connectivity index (χ2n) is 5.04. The predicted octanol–water partition coefficient (Wildman–Crippen LogP) is 0.413. The largest absolute Gasteiger partial charge is 0.326 e. The molecular formula is C13H19N3O3S. The van der Waals surface area contributed by atoms with Gasteiger partial charge in [0.1, 0.15) is 0 Å². The van der Waals surface area contributed by atoms with Gasteiger partial charge in [-0.15, -0.1) is 0 Å². The molecule has 4 N–H and O–H groups in total. The summed E-state index contributed by atoms with van der Waals surface area (Å²) in [6.07, 6.45) is 1.90. The molecule has 1 fully saturated rings. The summed E-state index contributed by atoms with van der Waals surface area (Å²) in [4.78, 5) is 12.0. The fourth-order valence-corrected chi connectivity index (χ4v) is 2.89. The molecule has 1 atom stereocenters. The van der Waals surface area contributed by atoms with Crippen LogP contribution in [0.5, 0.6) is 0 Å². The van der Waals surface area contributed by atoms with E-state index in [1.807, 2.05) is 0 Å². The van der Waals surface area contributed by atoms with Gasteiger partial charge in [-0.25, -0.2) is 13.6 Å². The normalized spacial score (nSPS) is 19.6. The van der Waals surface area contributed by atoms with Crippen molar-refractivity contribution in [2.45, 2.75) is 18.6 Å². The van der Waals surface area contributed by atoms with Crippen molar-refractivity contribution in [3.63, 3.8) is 0 Å². The van der Waals surface area contributed by atoms with Gasteiger partial charge in [-0.1, -0.05) is 12.1 Å². The molecule has 1 aliphatic rings. The molecule has 0 aliphatic carbocycles. The topological polar surface area (TPSA) is 101 Å². The summed E-state index contributed by atoms with van der Waals surface area (Å²) in [6, 6.07) is 6.68. The van der Waals surface area contributed by atoms with E-state index in [-0.39, 0.29) is 17.6 Å². The van der Waals surface area contributed by atoms with Crippen LogP contribution in [-0.2, 0) is 20.6 Å². The van der Waals surface area contributed by atoms with Crippen molar-refractivity contribution in [3.05, 3.63) is 29.8 Å². The van der Waals surface area contributed by atoms with Gasteiger partial charge in [0.05, 0.1) is 11.7 Å². The average molecular weight is 297 g/mol. The van der Waals surface area contributed by atoms with Crippen molar-refractivity contribution in [3.8, 4) is 0 Å². The zero-order valence-electron chi connectivity index (χ0n) is 11.1. The Morgan fingerprint density at radius 3 is 2.60 bits per heavy atom. The second-order valence-corrected chi connectivity index (χ2v) is 6.65. The van der Waals surface area contributed by atoms with E-state index in [2.05, 4.69) is 10.6 Å². The van der Waals surface area contributed by atoms with Crippen molar-refractivity contribution in [1.29, 1.82) is 0 Å². The van der Waals surface area contributed by atoms with Crippen molar-refractivity contribution in [2.24, 2.45) is 11.1 Å². The van der Waals surface area contributed by atoms with Crippen LogP contribution in [0.2, 0.25) is 0 Å². The van der Waals surface area contributed by atoms with Crippen LogP contribution in [0.4, 0.5) is 5.69 Å². The molecule has 20 heavy (non-hydrogen) atoms. The Labute approximate surface area is 118 Å². The highest BCUT2D eigenvalue weighted by Crippen LogP contribution is 2.15. The number of hydrogen-bond acceptors (Lipinski definition) is 4. The van der Waals surface area contributed by atoms with E-state index in [0.717, 1.165) is 19.4 Å². The molecule has 0 aromatic heterocycles. The maximum Gasteiger partial charge on any atom is 0.228 e. The summed E-state index contributed by atoms with van der Waals surface area (Å²) in [5.74, 6) is -0.211. The van der Waals surface area contributed by atoms with Gasteiger partial charge in [0.2, 0.25) is 15.9 Å². The number of carbonyl (C=O) groups excluding carboxylic acids is 1. The minimum Gasteiger partial charge on any atom is -0.326 e. The lowest BCUT2D eigenvalue weighted by Crippen LogP contribution is -2.37. The Balaban J connectivity index is 1.94. The van der Waals surface area contributed by atoms with Gasteiger partial charge < -0.3 is 10.6 Å². The lowest BCUT2D eigenvalue weighted by atomic mass is 9.99. The number of piperidine rings is 1. The third-order valence-corrected chi connectivity index (χ3v) is 3.99. The van der Waals surface area contributed by atoms with E-state index in [9.17, 15) is 13.2 Å². The molecule has 1 heterocycles. The number of nitrogens with two attached hydrogens (primary N) is 1. The van der Waals surface area contributed by atoms with Crippen molar-refractivity contribution >= 4 is 21.6 Å². The van der Waals surface area contributed by atoms with Crippen LogP contribution in [0, 0.1) is 5.92 Å². The Morgan fingerprint density at radius 2 is 2.05 bits per heavy atom. The fraction of sp³-hybridized carbons (Fsp3) is 0.462. The van der Waals surface area contributed by atoms with Crippen LogP contribution in [0.15, 0.2) is 24.3 Å². The second kappa shape index (κ2) is 6.34. The molecule has 6 nitrogen and oxygen atoms in total. The van der Waals surface area contributed by atoms with E-state index < -0.39 is 10.0 Å². The SMILES string of the molecule is NS(=O)(=O)Cc1ccc(NC(=O)[C@H]2CCCNC2)cc1. The number of nitrogens with one attached hydrogen (secondary N) is 2. The minimum atomic E-state index is -3.53. The number of primary sulfonamides is 1. The molecular weight excluding hydrogens is 278 g/mol. The number of amides is 1. The first-order chi connectivity index (χ1) is 9.44. The molecule has 0 unspecified atom stereocenters. The first kappa shape index (κ1) is 15.0. The van der Waals surface area contributed by atoms with Crippen molar-refractivity contribution in [2.75, 3.05) is 18.4 Å². The predicted molar refractivity (Wildman–Crippen MR) is 77.5 cm³/mol. The van der Waals surface area contributed by atoms with E-state index in [1.165, 1.54) is 0 Å². The quantitative estimate of drug-likeness (QED) is 0.749. The Bertz CT molecular complexity index is 563. The monoisotopic (exact) mass is 297 g/mol. The van der Waals surface area contributed by atoms with Crippen molar-refractivity contribution < 1.29 is 13.2 Å². The highest BCUT2D eigenvalue weighted by atomic mass is 32.2. The van der Waals surface area contributed by atoms with Gasteiger partial charge in [0, 0.05) is 12.2 Å². The number of rotatable bonds is 4. The van der Waals surface area contributed by atoms with Gasteiger partial charge in [0.25, 0.3) is 0 Å². The molecule has 0 bridgehead atoms. The molecule has 2 rings (SSSR count). The number of sulfonamides is 1. The summed E-state index contributed by atoms with van der Waals surface area (Å²) < 4.78 is 21.9. The highest BCUT2D eigenvalue weighted by Gasteiger charge is 2.20. The Kier molecular flexibility index (Phi) is 4.74. The number of anilines is 1. The maximum atomic E-state index is 12.0. The van der Waals surface area contributed by atoms with Crippen LogP contribution in [0.1, 0.15) is 18.4 Å². The zero-order chi connectivity index (χ0) is 14.6. The summed E-state index contributed by atoms with van der Waals surface area (Å²) in [7, 11) is -3.53. The van der Waals surface area contributed by atoms with Crippen LogP contribution in [0.3, 0.4) is 0 Å². The van der Waals surface area contributed by atoms with Gasteiger partial charge in [-0.05, 0) is 37.1 Å². The number of benzene rings is 1. The summed E-state index contributed by atoms with van der Waals surface area (Å²) in [5.41, 5.74) is 1.27. The van der Waals surface area contributed by atoms with Gasteiger partial charge in [-0.2, -0.15) is 0 Å². The Hall–Kier alpha value is -1.44. The first-order valence-electron chi connectivity index (χ1n) is 6.55. The average Bonchev–Trinajstić information content (AvgIpc) is 2.40. The zero-order valence-corrected chi connectivity index (χ0v) is 11.9. The molecule has 110 valence electrons. The van der Waals surface area contributed by atoms with Crippen LogP contribution in [0.25, 0.3) is 0 Å². The lowest BCUT2D eigenvalue weighted by Gasteiger charge is -2.21. The van der Waals surface area contributed by atoms with E-state index in [1.54, 1.807) is 24.3 Å². The third kappa shape index (κ3) is 4.59. The summed E-state index contributed by atoms with van der Waals surface area (Å²) >= 11 is 0. The highest BCUT2D eigenvalue weighted by molar-refractivity contribution is 7.88. The number of carbonyl (C=O) groups is 1. The molecule has 1 aliphatic heterocycles. The van der Waals surface area contributed by atoms with E-state index in [4.69, 9.17) is 5.14 Å². The number of hydrogen-bond donors (Lipinski definition) is 3. The molecule has 1 aromatic carbocycles. The minimum absolute atomic E-state index is 0.00334. The standard InChI is InChI=1S/C13H19N3O3S/c14-20(18,19)9-10-3-5-12(6-4-10)16-13(17)11-2-1-7-15-8-11/h3-6,11,15H,1-2,7-9H2,(H,16,17)(H2,14,18,19)/t11-/m0/s1. The smallest absolute Gasteiger partial charge is 0.228 e. The molecule has 0 radical (unpaired) electrons. The van der Waals surface area contributed by atoms with Gasteiger partial charge in [0.15, 0.2) is 0 Å². The van der Waals surface area contributed by atoms with Crippen molar-refractivity contribution in [1.82, 2.24) is 5.32 Å². The van der Waals surface area contributed by atoms with Crippen LogP contribution < -0.4 is 15.8 Å². The van der Waals surface area contributed by atoms with E-state index in [0.29, 0.717) is 17.8 Å². The first-order valence-corrected chi connectivity index (χ1v) is 8.26. The van der Waals surface area contributed by atoms with Crippen LogP contribution in [-0.4, -0.2) is 27.4 Å². The van der Waals surface area contributed by atoms with E-state index >= 15 is 0 Å².